The summed E-state index contributed by atoms with van der Waals surface area (Å²) in [7, 11) is 1.45. The van der Waals surface area contributed by atoms with Crippen molar-refractivity contribution in [3.05, 3.63) is 35.9 Å². The fourth-order valence-electron chi connectivity index (χ4n) is 4.17. The molecule has 3 aromatic rings. The second-order valence-corrected chi connectivity index (χ2v) is 9.39. The molecular weight excluding hydrogens is 526 g/mol. The Hall–Kier alpha value is -4.22. The maximum absolute atomic E-state index is 12.6. The third-order valence-corrected chi connectivity index (χ3v) is 6.26. The predicted molar refractivity (Wildman–Crippen MR) is 138 cm³/mol. The molecule has 2 fully saturated rings. The number of hydrogen-bond acceptors (Lipinski definition) is 14. The summed E-state index contributed by atoms with van der Waals surface area (Å²) in [6.45, 7) is 4.00. The van der Waals surface area contributed by atoms with Gasteiger partial charge in [-0.2, -0.15) is 4.98 Å². The van der Waals surface area contributed by atoms with E-state index in [1.165, 1.54) is 13.2 Å². The lowest BCUT2D eigenvalue weighted by Crippen LogP contribution is -2.48. The average molecular weight is 556 g/mol. The van der Waals surface area contributed by atoms with Crippen molar-refractivity contribution in [2.75, 3.05) is 43.9 Å². The van der Waals surface area contributed by atoms with E-state index >= 15 is 0 Å². The van der Waals surface area contributed by atoms with E-state index in [4.69, 9.17) is 9.26 Å². The first-order valence-electron chi connectivity index (χ1n) is 12.6. The van der Waals surface area contributed by atoms with Gasteiger partial charge in [-0.25, -0.2) is 0 Å². The van der Waals surface area contributed by atoms with Crippen LogP contribution in [0.1, 0.15) is 29.2 Å². The largest absolute Gasteiger partial charge is 0.494 e. The third kappa shape index (κ3) is 6.67. The number of nitrogens with one attached hydrogen (secondary N) is 4. The van der Waals surface area contributed by atoms with Crippen molar-refractivity contribution in [2.24, 2.45) is 5.92 Å². The van der Waals surface area contributed by atoms with Gasteiger partial charge in [0.25, 0.3) is 5.91 Å². The molecule has 0 atom stereocenters. The third-order valence-electron chi connectivity index (χ3n) is 6.26. The number of methoxy groups -OCH3 is 1. The zero-order chi connectivity index (χ0) is 28.3. The SMILES string of the molecule is COc1c(Nc2cc(NC(=O)C3CC3)nnc2C(=O)NC(O)(O)O)cccc1-c1noc(CN2CCNCC2)n1. The Morgan fingerprint density at radius 1 is 1.18 bits per heavy atom. The first-order chi connectivity index (χ1) is 19.2. The lowest BCUT2D eigenvalue weighted by molar-refractivity contribution is -0.323. The van der Waals surface area contributed by atoms with E-state index in [9.17, 15) is 24.9 Å². The van der Waals surface area contributed by atoms with Crippen LogP contribution in [0.5, 0.6) is 5.75 Å². The Kier molecular flexibility index (Phi) is 7.85. The molecule has 2 aliphatic rings. The second kappa shape index (κ2) is 11.5. The number of anilines is 3. The van der Waals surface area contributed by atoms with Crippen LogP contribution in [0, 0.1) is 5.92 Å². The number of ether oxygens (including phenoxy) is 1. The predicted octanol–water partition coefficient (Wildman–Crippen LogP) is -0.649. The standard InChI is InChI=1S/C24H29N9O7/c1-39-20-14(21-28-18(40-32-21)12-33-9-7-25-8-10-33)3-2-4-15(20)26-16-11-17(27-22(34)13-5-6-13)30-31-19(16)23(35)29-24(36,37)38/h2-4,11,13,25,36-38H,5-10,12H2,1H3,(H,29,35)(H2,26,27,30,34). The molecule has 2 aromatic heterocycles. The van der Waals surface area contributed by atoms with Gasteiger partial charge in [-0.05, 0) is 25.0 Å². The van der Waals surface area contributed by atoms with Crippen LogP contribution in [-0.4, -0.2) is 91.8 Å². The number of aromatic nitrogens is 4. The van der Waals surface area contributed by atoms with E-state index in [0.29, 0.717) is 35.3 Å². The van der Waals surface area contributed by atoms with E-state index in [2.05, 4.69) is 41.2 Å². The number of hydrogen-bond donors (Lipinski definition) is 7. The molecule has 2 amide bonds. The maximum atomic E-state index is 12.6. The Bertz CT molecular complexity index is 1380. The van der Waals surface area contributed by atoms with Crippen LogP contribution in [0.25, 0.3) is 11.4 Å². The summed E-state index contributed by atoms with van der Waals surface area (Å²) >= 11 is 0. The highest BCUT2D eigenvalue weighted by atomic mass is 16.7. The molecule has 16 heteroatoms. The summed E-state index contributed by atoms with van der Waals surface area (Å²) in [5, 5.41) is 50.0. The molecule has 212 valence electrons. The molecule has 1 aliphatic carbocycles. The Morgan fingerprint density at radius 2 is 1.95 bits per heavy atom. The van der Waals surface area contributed by atoms with Crippen LogP contribution >= 0.6 is 0 Å². The molecule has 0 unspecified atom stereocenters. The van der Waals surface area contributed by atoms with Gasteiger partial charge >= 0.3 is 6.10 Å². The fourth-order valence-corrected chi connectivity index (χ4v) is 4.17. The van der Waals surface area contributed by atoms with E-state index < -0.39 is 17.7 Å². The van der Waals surface area contributed by atoms with E-state index in [0.717, 1.165) is 39.0 Å². The minimum Gasteiger partial charge on any atom is -0.494 e. The van der Waals surface area contributed by atoms with Crippen LogP contribution < -0.4 is 26.0 Å². The molecule has 5 rings (SSSR count). The van der Waals surface area contributed by atoms with Crippen molar-refractivity contribution in [1.82, 2.24) is 35.9 Å². The van der Waals surface area contributed by atoms with Gasteiger partial charge < -0.3 is 40.5 Å². The Balaban J connectivity index is 1.44. The summed E-state index contributed by atoms with van der Waals surface area (Å²) in [6, 6.07) is 6.45. The van der Waals surface area contributed by atoms with Crippen molar-refractivity contribution < 1.29 is 34.2 Å². The zero-order valence-electron chi connectivity index (χ0n) is 21.5. The number of benzene rings is 1. The number of rotatable bonds is 10. The lowest BCUT2D eigenvalue weighted by atomic mass is 10.1. The normalized spacial score (nSPS) is 15.9. The van der Waals surface area contributed by atoms with Gasteiger partial charge in [0.2, 0.25) is 17.6 Å². The highest BCUT2D eigenvalue weighted by Crippen LogP contribution is 2.37. The first-order valence-corrected chi connectivity index (χ1v) is 12.6. The minimum atomic E-state index is -3.49. The maximum Gasteiger partial charge on any atom is 0.369 e. The number of aliphatic hydroxyl groups is 3. The number of carbonyl (C=O) groups is 2. The molecule has 40 heavy (non-hydrogen) atoms. The van der Waals surface area contributed by atoms with Gasteiger partial charge in [0.1, 0.15) is 0 Å². The number of carbonyl (C=O) groups excluding carboxylic acids is 2. The van der Waals surface area contributed by atoms with Crippen molar-refractivity contribution in [2.45, 2.75) is 25.5 Å². The van der Waals surface area contributed by atoms with E-state index in [-0.39, 0.29) is 23.3 Å². The van der Waals surface area contributed by atoms with Crippen molar-refractivity contribution >= 4 is 29.0 Å². The van der Waals surface area contributed by atoms with E-state index in [1.54, 1.807) is 23.5 Å². The molecule has 1 aliphatic heterocycles. The average Bonchev–Trinajstić information content (AvgIpc) is 3.67. The summed E-state index contributed by atoms with van der Waals surface area (Å²) in [5.74, 6) is -0.386. The monoisotopic (exact) mass is 555 g/mol. The van der Waals surface area contributed by atoms with Crippen molar-refractivity contribution in [3.63, 3.8) is 0 Å². The van der Waals surface area contributed by atoms with Gasteiger partial charge in [0.15, 0.2) is 17.3 Å². The molecule has 16 nitrogen and oxygen atoms in total. The van der Waals surface area contributed by atoms with Gasteiger partial charge in [-0.3, -0.25) is 19.8 Å². The molecule has 0 bridgehead atoms. The quantitative estimate of drug-likeness (QED) is 0.155. The molecule has 3 heterocycles. The van der Waals surface area contributed by atoms with Crippen LogP contribution in [0.4, 0.5) is 17.2 Å². The number of amides is 2. The van der Waals surface area contributed by atoms with Gasteiger partial charge in [0, 0.05) is 38.2 Å². The highest BCUT2D eigenvalue weighted by Gasteiger charge is 2.31. The smallest absolute Gasteiger partial charge is 0.369 e. The molecule has 1 saturated heterocycles. The molecule has 1 aromatic carbocycles. The zero-order valence-corrected chi connectivity index (χ0v) is 21.5. The lowest BCUT2D eigenvalue weighted by Gasteiger charge is -2.25. The van der Waals surface area contributed by atoms with Gasteiger partial charge in [-0.1, -0.05) is 11.2 Å². The summed E-state index contributed by atoms with van der Waals surface area (Å²) in [6.07, 6.45) is -1.95. The molecule has 7 N–H and O–H groups in total. The number of nitrogens with zero attached hydrogens (tertiary/aromatic N) is 5. The topological polar surface area (TPSA) is 220 Å². The first kappa shape index (κ1) is 27.4. The number of piperazine rings is 1. The van der Waals surface area contributed by atoms with Crippen LogP contribution in [0.15, 0.2) is 28.8 Å². The summed E-state index contributed by atoms with van der Waals surface area (Å²) in [4.78, 5) is 31.6. The summed E-state index contributed by atoms with van der Waals surface area (Å²) < 4.78 is 11.1. The number of para-hydroxylation sites is 1. The summed E-state index contributed by atoms with van der Waals surface area (Å²) in [5.41, 5.74) is 0.471. The molecular formula is C24H29N9O7. The highest BCUT2D eigenvalue weighted by molar-refractivity contribution is 6.00. The molecule has 0 spiro atoms. The van der Waals surface area contributed by atoms with Crippen molar-refractivity contribution in [1.29, 1.82) is 0 Å². The minimum absolute atomic E-state index is 0.0193. The van der Waals surface area contributed by atoms with Gasteiger partial charge in [-0.15, -0.1) is 10.2 Å². The van der Waals surface area contributed by atoms with E-state index in [1.807, 2.05) is 0 Å². The van der Waals surface area contributed by atoms with Crippen LogP contribution in [0.2, 0.25) is 0 Å². The molecule has 0 radical (unpaired) electrons. The second-order valence-electron chi connectivity index (χ2n) is 9.39. The van der Waals surface area contributed by atoms with Crippen molar-refractivity contribution in [3.8, 4) is 17.1 Å². The Labute approximate surface area is 227 Å². The van der Waals surface area contributed by atoms with Crippen LogP contribution in [0.3, 0.4) is 0 Å². The van der Waals surface area contributed by atoms with Gasteiger partial charge in [0.05, 0.1) is 30.6 Å². The Morgan fingerprint density at radius 3 is 2.65 bits per heavy atom. The fraction of sp³-hybridized carbons (Fsp3) is 0.417. The molecule has 1 saturated carbocycles. The van der Waals surface area contributed by atoms with Crippen LogP contribution in [-0.2, 0) is 11.3 Å².